The molecule has 53 heavy (non-hydrogen) atoms. The van der Waals surface area contributed by atoms with E-state index in [9.17, 15) is 0 Å². The minimum atomic E-state index is 0.102. The maximum atomic E-state index is 2.57. The Kier molecular flexibility index (Phi) is 6.31. The molecule has 1 heteroatoms. The summed E-state index contributed by atoms with van der Waals surface area (Å²) < 4.78 is 0. The van der Waals surface area contributed by atoms with Crippen molar-refractivity contribution in [3.63, 3.8) is 0 Å². The largest absolute Gasteiger partial charge is 0.310 e. The van der Waals surface area contributed by atoms with Crippen molar-refractivity contribution < 1.29 is 0 Å². The van der Waals surface area contributed by atoms with E-state index in [1.54, 1.807) is 11.1 Å². The molecule has 5 aromatic carbocycles. The van der Waals surface area contributed by atoms with Gasteiger partial charge in [0.25, 0.3) is 0 Å². The highest BCUT2D eigenvalue weighted by Gasteiger charge is 2.84. The van der Waals surface area contributed by atoms with Crippen LogP contribution in [0.15, 0.2) is 109 Å². The standard InChI is InChI=1S/C52H55N/c1-48(2,3)35-18-22-38(23-19-35)53(37-20-15-33(16-21-37)34-17-24-41-43(29-34)50(6,7)26-25-49(41,4)5)44-14-10-13-42-47(44)39-11-8-9-12-40(39)52(42)45-28-32-27-36-30-46(52)51(36,45)31-32/h8-24,29,32,36,45-46H,25-28,30-31H2,1-7H3. The minimum Gasteiger partial charge on any atom is -0.310 e. The first-order valence-corrected chi connectivity index (χ1v) is 20.7. The highest BCUT2D eigenvalue weighted by molar-refractivity contribution is 5.96. The fourth-order valence-corrected chi connectivity index (χ4v) is 13.6. The Balaban J connectivity index is 1.06. The molecule has 2 bridgehead atoms. The van der Waals surface area contributed by atoms with Gasteiger partial charge in [0.05, 0.1) is 5.69 Å². The van der Waals surface area contributed by atoms with Crippen molar-refractivity contribution in [2.45, 2.75) is 109 Å². The average molecular weight is 694 g/mol. The van der Waals surface area contributed by atoms with Crippen LogP contribution < -0.4 is 4.90 Å². The number of anilines is 3. The van der Waals surface area contributed by atoms with Crippen LogP contribution in [0.3, 0.4) is 0 Å². The van der Waals surface area contributed by atoms with E-state index < -0.39 is 0 Å². The summed E-state index contributed by atoms with van der Waals surface area (Å²) in [5, 5.41) is 0. The molecule has 4 fully saturated rings. The van der Waals surface area contributed by atoms with Crippen molar-refractivity contribution >= 4 is 17.1 Å². The lowest BCUT2D eigenvalue weighted by Crippen LogP contribution is -2.73. The smallest absolute Gasteiger partial charge is 0.0543 e. The average Bonchev–Trinajstić information content (AvgIpc) is 3.78. The molecule has 11 rings (SSSR count). The summed E-state index contributed by atoms with van der Waals surface area (Å²) in [6, 6.07) is 43.1. The van der Waals surface area contributed by atoms with Gasteiger partial charge in [-0.25, -0.2) is 0 Å². The van der Waals surface area contributed by atoms with Crippen molar-refractivity contribution in [3.8, 4) is 22.3 Å². The van der Waals surface area contributed by atoms with E-state index in [-0.39, 0.29) is 21.7 Å². The second-order valence-electron chi connectivity index (χ2n) is 20.5. The van der Waals surface area contributed by atoms with Gasteiger partial charge in [-0.1, -0.05) is 127 Å². The van der Waals surface area contributed by atoms with Crippen LogP contribution >= 0.6 is 0 Å². The van der Waals surface area contributed by atoms with Gasteiger partial charge in [0, 0.05) is 22.4 Å². The molecule has 0 N–H and O–H groups in total. The van der Waals surface area contributed by atoms with Gasteiger partial charge in [-0.2, -0.15) is 0 Å². The number of rotatable bonds is 4. The molecule has 2 spiro atoms. The molecule has 0 heterocycles. The van der Waals surface area contributed by atoms with Crippen molar-refractivity contribution in [3.05, 3.63) is 137 Å². The first-order valence-electron chi connectivity index (χ1n) is 20.7. The number of fused-ring (bicyclic) bond motifs is 9. The van der Waals surface area contributed by atoms with E-state index >= 15 is 0 Å². The Bertz CT molecular complexity index is 2320. The maximum Gasteiger partial charge on any atom is 0.0543 e. The van der Waals surface area contributed by atoms with Crippen LogP contribution in [0.2, 0.25) is 0 Å². The maximum absolute atomic E-state index is 2.57. The van der Waals surface area contributed by atoms with E-state index in [0.29, 0.717) is 5.41 Å². The minimum absolute atomic E-state index is 0.102. The third-order valence-corrected chi connectivity index (χ3v) is 16.2. The Labute approximate surface area is 317 Å². The third-order valence-electron chi connectivity index (χ3n) is 16.2. The van der Waals surface area contributed by atoms with Gasteiger partial charge < -0.3 is 4.90 Å². The summed E-state index contributed by atoms with van der Waals surface area (Å²) >= 11 is 0. The molecule has 4 saturated carbocycles. The highest BCUT2D eigenvalue weighted by Crippen LogP contribution is 2.89. The fourth-order valence-electron chi connectivity index (χ4n) is 13.6. The summed E-state index contributed by atoms with van der Waals surface area (Å²) in [5.41, 5.74) is 18.3. The zero-order valence-electron chi connectivity index (χ0n) is 32.9. The Hall–Kier alpha value is -4.10. The molecule has 0 aromatic heterocycles. The van der Waals surface area contributed by atoms with Crippen molar-refractivity contribution in [1.82, 2.24) is 0 Å². The van der Waals surface area contributed by atoms with Gasteiger partial charge >= 0.3 is 0 Å². The normalized spacial score (nSPS) is 30.2. The number of nitrogens with zero attached hydrogens (tertiary/aromatic N) is 1. The SMILES string of the molecule is CC(C)(C)c1ccc(N(c2ccc(-c3ccc4c(c3)C(C)(C)CCC4(C)C)cc2)c2cccc3c2-c2ccccc2C32C3CC4CC5CC2C53C4)cc1. The molecule has 1 nitrogen and oxygen atoms in total. The summed E-state index contributed by atoms with van der Waals surface area (Å²) in [6.07, 6.45) is 8.35. The van der Waals surface area contributed by atoms with Crippen LogP contribution in [0.4, 0.5) is 17.1 Å². The van der Waals surface area contributed by atoms with E-state index in [2.05, 4.69) is 163 Å². The second-order valence-corrected chi connectivity index (χ2v) is 20.5. The second kappa shape index (κ2) is 10.3. The molecule has 0 saturated heterocycles. The van der Waals surface area contributed by atoms with Gasteiger partial charge in [-0.3, -0.25) is 0 Å². The van der Waals surface area contributed by atoms with Crippen LogP contribution in [-0.4, -0.2) is 0 Å². The Morgan fingerprint density at radius 3 is 1.94 bits per heavy atom. The van der Waals surface area contributed by atoms with Gasteiger partial charge in [0.1, 0.15) is 0 Å². The molecular weight excluding hydrogens is 639 g/mol. The fraction of sp³-hybridized carbons (Fsp3) is 0.423. The van der Waals surface area contributed by atoms with Gasteiger partial charge in [-0.05, 0) is 159 Å². The summed E-state index contributed by atoms with van der Waals surface area (Å²) in [5.74, 6) is 3.56. The molecule has 6 atom stereocenters. The van der Waals surface area contributed by atoms with Gasteiger partial charge in [0.2, 0.25) is 0 Å². The lowest BCUT2D eigenvalue weighted by atomic mass is 9.27. The summed E-state index contributed by atoms with van der Waals surface area (Å²) in [4.78, 5) is 2.57. The topological polar surface area (TPSA) is 3.24 Å². The van der Waals surface area contributed by atoms with E-state index in [0.717, 1.165) is 23.7 Å². The third kappa shape index (κ3) is 4.05. The zero-order chi connectivity index (χ0) is 36.3. The monoisotopic (exact) mass is 693 g/mol. The first-order chi connectivity index (χ1) is 25.3. The molecule has 6 aliphatic rings. The molecule has 5 aromatic rings. The van der Waals surface area contributed by atoms with E-state index in [1.165, 1.54) is 94.5 Å². The van der Waals surface area contributed by atoms with E-state index in [4.69, 9.17) is 0 Å². The van der Waals surface area contributed by atoms with Gasteiger partial charge in [-0.15, -0.1) is 0 Å². The van der Waals surface area contributed by atoms with Crippen LogP contribution in [0.1, 0.15) is 115 Å². The lowest BCUT2D eigenvalue weighted by molar-refractivity contribution is -0.231. The van der Waals surface area contributed by atoms with Crippen molar-refractivity contribution in [2.24, 2.45) is 29.1 Å². The van der Waals surface area contributed by atoms with Crippen LogP contribution in [0.5, 0.6) is 0 Å². The molecule has 0 radical (unpaired) electrons. The van der Waals surface area contributed by atoms with Crippen molar-refractivity contribution in [1.29, 1.82) is 0 Å². The van der Waals surface area contributed by atoms with Crippen LogP contribution in [0.25, 0.3) is 22.3 Å². The lowest BCUT2D eigenvalue weighted by Gasteiger charge is -2.76. The predicted octanol–water partition coefficient (Wildman–Crippen LogP) is 13.8. The zero-order valence-corrected chi connectivity index (χ0v) is 32.9. The Morgan fingerprint density at radius 2 is 1.23 bits per heavy atom. The van der Waals surface area contributed by atoms with E-state index in [1.807, 2.05) is 0 Å². The van der Waals surface area contributed by atoms with Crippen LogP contribution in [0, 0.1) is 29.1 Å². The predicted molar refractivity (Wildman–Crippen MR) is 222 cm³/mol. The molecule has 268 valence electrons. The summed E-state index contributed by atoms with van der Waals surface area (Å²) in [7, 11) is 0. The molecule has 0 aliphatic heterocycles. The van der Waals surface area contributed by atoms with Crippen LogP contribution in [-0.2, 0) is 21.7 Å². The molecule has 6 unspecified atom stereocenters. The summed E-state index contributed by atoms with van der Waals surface area (Å²) in [6.45, 7) is 16.6. The number of hydrogen-bond donors (Lipinski definition) is 0. The first kappa shape index (κ1) is 32.3. The quantitative estimate of drug-likeness (QED) is 0.181. The number of benzene rings is 5. The number of hydrogen-bond acceptors (Lipinski definition) is 1. The molecule has 0 amide bonds. The van der Waals surface area contributed by atoms with Gasteiger partial charge in [0.15, 0.2) is 0 Å². The Morgan fingerprint density at radius 1 is 0.585 bits per heavy atom. The molecular formula is C52H55N. The highest BCUT2D eigenvalue weighted by atomic mass is 15.1. The molecule has 6 aliphatic carbocycles. The van der Waals surface area contributed by atoms with Crippen molar-refractivity contribution in [2.75, 3.05) is 4.90 Å².